The van der Waals surface area contributed by atoms with Crippen molar-refractivity contribution in [1.82, 2.24) is 9.29 Å². The van der Waals surface area contributed by atoms with Gasteiger partial charge in [0, 0.05) is 30.4 Å². The molecule has 1 N–H and O–H groups in total. The molecule has 1 saturated heterocycles. The second-order valence-corrected chi connectivity index (χ2v) is 9.28. The number of para-hydroxylation sites is 1. The van der Waals surface area contributed by atoms with Crippen LogP contribution in [0.5, 0.6) is 11.5 Å². The van der Waals surface area contributed by atoms with Gasteiger partial charge in [0.15, 0.2) is 6.61 Å². The van der Waals surface area contributed by atoms with Gasteiger partial charge in [0.05, 0.1) is 6.61 Å². The number of fused-ring (bicyclic) bond motifs is 1. The van der Waals surface area contributed by atoms with Crippen molar-refractivity contribution in [2.45, 2.75) is 24.7 Å². The van der Waals surface area contributed by atoms with Crippen LogP contribution in [-0.4, -0.2) is 49.9 Å². The van der Waals surface area contributed by atoms with Crippen LogP contribution in [0.2, 0.25) is 0 Å². The van der Waals surface area contributed by atoms with Gasteiger partial charge in [0.25, 0.3) is 5.91 Å². The lowest BCUT2D eigenvalue weighted by molar-refractivity contribution is -0.118. The highest BCUT2D eigenvalue weighted by molar-refractivity contribution is 7.89. The molecule has 2 aromatic carbocycles. The molecule has 1 fully saturated rings. The van der Waals surface area contributed by atoms with Crippen LogP contribution in [0.4, 0.5) is 5.69 Å². The van der Waals surface area contributed by atoms with Crippen LogP contribution in [0.15, 0.2) is 59.6 Å². The number of aromatic nitrogens is 1. The Morgan fingerprint density at radius 3 is 2.62 bits per heavy atom. The van der Waals surface area contributed by atoms with E-state index in [1.165, 1.54) is 10.4 Å². The van der Waals surface area contributed by atoms with Crippen molar-refractivity contribution in [2.24, 2.45) is 0 Å². The Bertz CT molecular complexity index is 1220. The molecule has 2 heterocycles. The number of hydrogen-bond acceptors (Lipinski definition) is 6. The van der Waals surface area contributed by atoms with Crippen molar-refractivity contribution < 1.29 is 22.7 Å². The van der Waals surface area contributed by atoms with Crippen molar-refractivity contribution in [1.29, 1.82) is 0 Å². The summed E-state index contributed by atoms with van der Waals surface area (Å²) in [6.07, 6.45) is 3.33. The lowest BCUT2D eigenvalue weighted by atomic mass is 10.2. The number of pyridine rings is 1. The van der Waals surface area contributed by atoms with Crippen molar-refractivity contribution >= 4 is 32.5 Å². The smallest absolute Gasteiger partial charge is 0.262 e. The molecule has 4 rings (SSSR count). The minimum Gasteiger partial charge on any atom is -0.492 e. The van der Waals surface area contributed by atoms with E-state index in [4.69, 9.17) is 9.47 Å². The molecule has 1 aliphatic rings. The summed E-state index contributed by atoms with van der Waals surface area (Å²) in [5, 5.41) is 3.62. The normalized spacial score (nSPS) is 14.4. The predicted molar refractivity (Wildman–Crippen MR) is 121 cm³/mol. The van der Waals surface area contributed by atoms with Gasteiger partial charge in [-0.15, -0.1) is 0 Å². The van der Waals surface area contributed by atoms with Crippen LogP contribution in [-0.2, 0) is 14.8 Å². The number of hydrogen-bond donors (Lipinski definition) is 1. The molecule has 0 saturated carbocycles. The summed E-state index contributed by atoms with van der Waals surface area (Å²) in [4.78, 5) is 16.9. The van der Waals surface area contributed by atoms with E-state index >= 15 is 0 Å². The second kappa shape index (κ2) is 9.54. The Balaban J connectivity index is 1.50. The number of carbonyl (C=O) groups is 1. The molecule has 8 nitrogen and oxygen atoms in total. The molecule has 0 spiro atoms. The van der Waals surface area contributed by atoms with E-state index in [9.17, 15) is 13.2 Å². The standard InChI is InChI=1S/C23H25N3O5S/c1-2-30-19-11-10-18(15-21(19)32(28,29)26-13-3-4-14-26)25-22(27)16-31-20-9-5-7-17-8-6-12-24-23(17)20/h5-12,15H,2-4,13-14,16H2,1H3,(H,25,27). The molecule has 1 aliphatic heterocycles. The molecule has 168 valence electrons. The molecule has 9 heteroatoms. The molecular formula is C23H25N3O5S. The van der Waals surface area contributed by atoms with E-state index in [1.54, 1.807) is 31.3 Å². The monoisotopic (exact) mass is 455 g/mol. The number of carbonyl (C=O) groups excluding carboxylic acids is 1. The number of anilines is 1. The Morgan fingerprint density at radius 1 is 1.06 bits per heavy atom. The quantitative estimate of drug-likeness (QED) is 0.559. The van der Waals surface area contributed by atoms with Crippen molar-refractivity contribution in [2.75, 3.05) is 31.6 Å². The fourth-order valence-electron chi connectivity index (χ4n) is 3.66. The summed E-state index contributed by atoms with van der Waals surface area (Å²) >= 11 is 0. The highest BCUT2D eigenvalue weighted by atomic mass is 32.2. The Morgan fingerprint density at radius 2 is 1.84 bits per heavy atom. The third-order valence-corrected chi connectivity index (χ3v) is 7.08. The highest BCUT2D eigenvalue weighted by Crippen LogP contribution is 2.31. The second-order valence-electron chi connectivity index (χ2n) is 7.37. The minimum absolute atomic E-state index is 0.0539. The number of nitrogens with one attached hydrogen (secondary N) is 1. The topological polar surface area (TPSA) is 97.8 Å². The van der Waals surface area contributed by atoms with Crippen LogP contribution in [0.1, 0.15) is 19.8 Å². The number of nitrogens with zero attached hydrogens (tertiary/aromatic N) is 2. The third-order valence-electron chi connectivity index (χ3n) is 5.16. The van der Waals surface area contributed by atoms with E-state index in [0.717, 1.165) is 18.2 Å². The van der Waals surface area contributed by atoms with E-state index in [1.807, 2.05) is 24.3 Å². The van der Waals surface area contributed by atoms with E-state index < -0.39 is 15.9 Å². The number of rotatable bonds is 8. The van der Waals surface area contributed by atoms with Crippen molar-refractivity contribution in [3.8, 4) is 11.5 Å². The zero-order valence-electron chi connectivity index (χ0n) is 17.8. The molecular weight excluding hydrogens is 430 g/mol. The SMILES string of the molecule is CCOc1ccc(NC(=O)COc2cccc3cccnc23)cc1S(=O)(=O)N1CCCC1. The minimum atomic E-state index is -3.71. The predicted octanol–water partition coefficient (Wildman–Crippen LogP) is 3.44. The average Bonchev–Trinajstić information content (AvgIpc) is 3.35. The number of sulfonamides is 1. The van der Waals surface area contributed by atoms with Gasteiger partial charge in [-0.05, 0) is 50.1 Å². The van der Waals surface area contributed by atoms with Gasteiger partial charge in [-0.2, -0.15) is 4.31 Å². The van der Waals surface area contributed by atoms with Crippen molar-refractivity contribution in [3.63, 3.8) is 0 Å². The molecule has 3 aromatic rings. The van der Waals surface area contributed by atoms with Gasteiger partial charge in [-0.1, -0.05) is 18.2 Å². The fourth-order valence-corrected chi connectivity index (χ4v) is 5.34. The van der Waals surface area contributed by atoms with Gasteiger partial charge in [-0.3, -0.25) is 9.78 Å². The van der Waals surface area contributed by atoms with Gasteiger partial charge in [0.1, 0.15) is 21.9 Å². The lowest BCUT2D eigenvalue weighted by Crippen LogP contribution is -2.28. The molecule has 0 bridgehead atoms. The average molecular weight is 456 g/mol. The Kier molecular flexibility index (Phi) is 6.57. The fraction of sp³-hybridized carbons (Fsp3) is 0.304. The molecule has 32 heavy (non-hydrogen) atoms. The zero-order chi connectivity index (χ0) is 22.6. The highest BCUT2D eigenvalue weighted by Gasteiger charge is 2.30. The van der Waals surface area contributed by atoms with E-state index in [0.29, 0.717) is 36.6 Å². The maximum atomic E-state index is 13.1. The molecule has 0 aliphatic carbocycles. The number of amides is 1. The number of ether oxygens (including phenoxy) is 2. The van der Waals surface area contributed by atoms with Gasteiger partial charge < -0.3 is 14.8 Å². The van der Waals surface area contributed by atoms with Crippen LogP contribution in [0.25, 0.3) is 10.9 Å². The summed E-state index contributed by atoms with van der Waals surface area (Å²) in [5.74, 6) is 0.365. The van der Waals surface area contributed by atoms with Gasteiger partial charge in [-0.25, -0.2) is 8.42 Å². The zero-order valence-corrected chi connectivity index (χ0v) is 18.6. The molecule has 0 unspecified atom stereocenters. The largest absolute Gasteiger partial charge is 0.492 e. The summed E-state index contributed by atoms with van der Waals surface area (Å²) in [6.45, 7) is 2.86. The van der Waals surface area contributed by atoms with E-state index in [2.05, 4.69) is 10.3 Å². The first-order valence-electron chi connectivity index (χ1n) is 10.5. The number of benzene rings is 2. The van der Waals surface area contributed by atoms with Crippen LogP contribution < -0.4 is 14.8 Å². The Labute approximate surface area is 187 Å². The van der Waals surface area contributed by atoms with Crippen molar-refractivity contribution in [3.05, 3.63) is 54.7 Å². The summed E-state index contributed by atoms with van der Waals surface area (Å²) in [7, 11) is -3.71. The molecule has 0 radical (unpaired) electrons. The van der Waals surface area contributed by atoms with Crippen LogP contribution >= 0.6 is 0 Å². The third kappa shape index (κ3) is 4.68. The van der Waals surface area contributed by atoms with Gasteiger partial charge in [0.2, 0.25) is 10.0 Å². The van der Waals surface area contributed by atoms with Crippen LogP contribution in [0.3, 0.4) is 0 Å². The summed E-state index contributed by atoms with van der Waals surface area (Å²) in [6, 6.07) is 13.9. The van der Waals surface area contributed by atoms with Gasteiger partial charge >= 0.3 is 0 Å². The molecule has 1 aromatic heterocycles. The first-order valence-corrected chi connectivity index (χ1v) is 12.0. The maximum Gasteiger partial charge on any atom is 0.262 e. The molecule has 0 atom stereocenters. The van der Waals surface area contributed by atoms with E-state index in [-0.39, 0.29) is 17.3 Å². The first kappa shape index (κ1) is 22.0. The lowest BCUT2D eigenvalue weighted by Gasteiger charge is -2.19. The molecule has 1 amide bonds. The maximum absolute atomic E-state index is 13.1. The Hall–Kier alpha value is -3.17. The summed E-state index contributed by atoms with van der Waals surface area (Å²) in [5.41, 5.74) is 1.03. The van der Waals surface area contributed by atoms with Crippen LogP contribution in [0, 0.1) is 0 Å². The first-order chi connectivity index (χ1) is 15.5. The summed E-state index contributed by atoms with van der Waals surface area (Å²) < 4.78 is 38.9.